The number of hydrogen-bond donors (Lipinski definition) is 1. The number of halogens is 3. The third-order valence-corrected chi connectivity index (χ3v) is 2.75. The number of pyridine rings is 1. The van der Waals surface area contributed by atoms with Gasteiger partial charge in [0, 0.05) is 18.3 Å². The van der Waals surface area contributed by atoms with Crippen molar-refractivity contribution in [2.75, 3.05) is 0 Å². The highest BCUT2D eigenvalue weighted by Gasteiger charge is 2.34. The predicted octanol–water partition coefficient (Wildman–Crippen LogP) is 3.14. The first-order chi connectivity index (χ1) is 9.52. The number of nitrogens with two attached hydrogens (primary N) is 1. The van der Waals surface area contributed by atoms with Crippen molar-refractivity contribution in [3.05, 3.63) is 59.4 Å². The van der Waals surface area contributed by atoms with Gasteiger partial charge in [-0.15, -0.1) is 0 Å². The summed E-state index contributed by atoms with van der Waals surface area (Å²) in [5, 5.41) is 0. The fraction of sp³-hybridized carbons (Fsp3) is 0.214. The Balaban J connectivity index is 2.20. The molecule has 0 aliphatic rings. The van der Waals surface area contributed by atoms with E-state index < -0.39 is 11.7 Å². The molecule has 0 atom stereocenters. The van der Waals surface area contributed by atoms with Gasteiger partial charge in [0.05, 0.1) is 11.3 Å². The van der Waals surface area contributed by atoms with Gasteiger partial charge in [-0.3, -0.25) is 4.98 Å². The Bertz CT molecular complexity index is 585. The van der Waals surface area contributed by atoms with Crippen molar-refractivity contribution in [3.63, 3.8) is 0 Å². The van der Waals surface area contributed by atoms with Crippen LogP contribution in [0.25, 0.3) is 0 Å². The van der Waals surface area contributed by atoms with Crippen molar-refractivity contribution < 1.29 is 17.9 Å². The Labute approximate surface area is 114 Å². The van der Waals surface area contributed by atoms with Crippen molar-refractivity contribution in [2.45, 2.75) is 19.3 Å². The monoisotopic (exact) mass is 282 g/mol. The van der Waals surface area contributed by atoms with E-state index >= 15 is 0 Å². The van der Waals surface area contributed by atoms with E-state index in [2.05, 4.69) is 4.98 Å². The topological polar surface area (TPSA) is 48.1 Å². The highest BCUT2D eigenvalue weighted by Crippen LogP contribution is 2.36. The number of benzene rings is 1. The van der Waals surface area contributed by atoms with Gasteiger partial charge in [-0.05, 0) is 18.2 Å². The fourth-order valence-corrected chi connectivity index (χ4v) is 1.77. The largest absolute Gasteiger partial charge is 0.488 e. The molecule has 2 aromatic rings. The maximum absolute atomic E-state index is 12.8. The summed E-state index contributed by atoms with van der Waals surface area (Å²) in [6.07, 6.45) is -2.86. The summed E-state index contributed by atoms with van der Waals surface area (Å²) in [7, 11) is 0. The lowest BCUT2D eigenvalue weighted by atomic mass is 10.2. The van der Waals surface area contributed by atoms with Gasteiger partial charge >= 0.3 is 6.18 Å². The molecule has 0 saturated heterocycles. The Kier molecular flexibility index (Phi) is 4.24. The molecule has 6 heteroatoms. The van der Waals surface area contributed by atoms with Crippen LogP contribution in [-0.4, -0.2) is 4.98 Å². The van der Waals surface area contributed by atoms with E-state index in [4.69, 9.17) is 10.5 Å². The van der Waals surface area contributed by atoms with Gasteiger partial charge in [0.15, 0.2) is 0 Å². The van der Waals surface area contributed by atoms with Crippen molar-refractivity contribution in [2.24, 2.45) is 5.73 Å². The minimum atomic E-state index is -4.44. The molecule has 0 radical (unpaired) electrons. The first-order valence-corrected chi connectivity index (χ1v) is 5.94. The van der Waals surface area contributed by atoms with Crippen LogP contribution in [0.1, 0.15) is 16.8 Å². The number of nitrogens with zero attached hydrogens (tertiary/aromatic N) is 1. The van der Waals surface area contributed by atoms with Gasteiger partial charge in [0.2, 0.25) is 0 Å². The van der Waals surface area contributed by atoms with Crippen LogP contribution in [0.15, 0.2) is 42.6 Å². The predicted molar refractivity (Wildman–Crippen MR) is 67.9 cm³/mol. The zero-order chi connectivity index (χ0) is 14.6. The smallest absolute Gasteiger partial charge is 0.419 e. The average Bonchev–Trinajstić information content (AvgIpc) is 2.44. The molecule has 3 nitrogen and oxygen atoms in total. The summed E-state index contributed by atoms with van der Waals surface area (Å²) in [5.41, 5.74) is 6.01. The van der Waals surface area contributed by atoms with E-state index in [0.29, 0.717) is 11.3 Å². The number of para-hydroxylation sites is 1. The van der Waals surface area contributed by atoms with Crippen molar-refractivity contribution >= 4 is 0 Å². The minimum absolute atomic E-state index is 0.00648. The lowest BCUT2D eigenvalue weighted by Crippen LogP contribution is -2.10. The van der Waals surface area contributed by atoms with E-state index in [1.54, 1.807) is 18.3 Å². The average molecular weight is 282 g/mol. The molecule has 1 aromatic carbocycles. The van der Waals surface area contributed by atoms with Gasteiger partial charge < -0.3 is 10.5 Å². The summed E-state index contributed by atoms with van der Waals surface area (Å²) >= 11 is 0. The lowest BCUT2D eigenvalue weighted by Gasteiger charge is -2.14. The normalized spacial score (nSPS) is 11.4. The zero-order valence-electron chi connectivity index (χ0n) is 10.5. The van der Waals surface area contributed by atoms with E-state index in [9.17, 15) is 13.2 Å². The third-order valence-electron chi connectivity index (χ3n) is 2.75. The SMILES string of the molecule is NCc1ncccc1COc1ccccc1C(F)(F)F. The standard InChI is InChI=1S/C14H13F3N2O/c15-14(16,17)11-5-1-2-6-13(11)20-9-10-4-3-7-19-12(10)8-18/h1-7H,8-9,18H2. The van der Waals surface area contributed by atoms with Crippen molar-refractivity contribution in [1.29, 1.82) is 0 Å². The minimum Gasteiger partial charge on any atom is -0.488 e. The molecule has 0 saturated carbocycles. The molecule has 0 amide bonds. The maximum Gasteiger partial charge on any atom is 0.419 e. The molecule has 0 spiro atoms. The maximum atomic E-state index is 12.8. The van der Waals surface area contributed by atoms with E-state index in [0.717, 1.165) is 6.07 Å². The summed E-state index contributed by atoms with van der Waals surface area (Å²) in [5.74, 6) is -0.202. The van der Waals surface area contributed by atoms with Crippen LogP contribution in [0.3, 0.4) is 0 Å². The van der Waals surface area contributed by atoms with Gasteiger partial charge in [0.1, 0.15) is 12.4 Å². The van der Waals surface area contributed by atoms with E-state index in [1.165, 1.54) is 18.2 Å². The van der Waals surface area contributed by atoms with Gasteiger partial charge in [-0.1, -0.05) is 18.2 Å². The Morgan fingerprint density at radius 1 is 1.10 bits per heavy atom. The highest BCUT2D eigenvalue weighted by molar-refractivity contribution is 5.36. The fourth-order valence-electron chi connectivity index (χ4n) is 1.77. The molecule has 0 aliphatic heterocycles. The Morgan fingerprint density at radius 3 is 2.55 bits per heavy atom. The third kappa shape index (κ3) is 3.27. The van der Waals surface area contributed by atoms with Crippen LogP contribution in [0, 0.1) is 0 Å². The van der Waals surface area contributed by atoms with Gasteiger partial charge in [0.25, 0.3) is 0 Å². The number of ether oxygens (including phenoxy) is 1. The van der Waals surface area contributed by atoms with Crippen molar-refractivity contribution in [1.82, 2.24) is 4.98 Å². The second-order valence-corrected chi connectivity index (χ2v) is 4.10. The Hall–Kier alpha value is -2.08. The first kappa shape index (κ1) is 14.3. The zero-order valence-corrected chi connectivity index (χ0v) is 10.5. The Morgan fingerprint density at radius 2 is 1.85 bits per heavy atom. The summed E-state index contributed by atoms with van der Waals surface area (Å²) < 4.78 is 43.7. The number of rotatable bonds is 4. The lowest BCUT2D eigenvalue weighted by molar-refractivity contribution is -0.139. The molecule has 20 heavy (non-hydrogen) atoms. The van der Waals surface area contributed by atoms with Gasteiger partial charge in [-0.25, -0.2) is 0 Å². The molecule has 1 heterocycles. The molecule has 0 bridgehead atoms. The van der Waals surface area contributed by atoms with Crippen LogP contribution in [-0.2, 0) is 19.3 Å². The molecular weight excluding hydrogens is 269 g/mol. The molecule has 0 unspecified atom stereocenters. The molecule has 0 aliphatic carbocycles. The molecule has 106 valence electrons. The summed E-state index contributed by atoms with van der Waals surface area (Å²) in [6.45, 7) is 0.202. The van der Waals surface area contributed by atoms with Crippen LogP contribution < -0.4 is 10.5 Å². The number of hydrogen-bond acceptors (Lipinski definition) is 3. The number of aromatic nitrogens is 1. The second-order valence-electron chi connectivity index (χ2n) is 4.10. The van der Waals surface area contributed by atoms with Crippen LogP contribution in [0.4, 0.5) is 13.2 Å². The van der Waals surface area contributed by atoms with Crippen molar-refractivity contribution in [3.8, 4) is 5.75 Å². The molecular formula is C14H13F3N2O. The van der Waals surface area contributed by atoms with Crippen LogP contribution in [0.5, 0.6) is 5.75 Å². The van der Waals surface area contributed by atoms with E-state index in [-0.39, 0.29) is 18.9 Å². The first-order valence-electron chi connectivity index (χ1n) is 5.94. The molecule has 2 rings (SSSR count). The second kappa shape index (κ2) is 5.92. The molecule has 1 aromatic heterocycles. The van der Waals surface area contributed by atoms with Crippen LogP contribution >= 0.6 is 0 Å². The quantitative estimate of drug-likeness (QED) is 0.937. The molecule has 2 N–H and O–H groups in total. The summed E-state index contributed by atoms with van der Waals surface area (Å²) in [4.78, 5) is 4.05. The van der Waals surface area contributed by atoms with Gasteiger partial charge in [-0.2, -0.15) is 13.2 Å². The number of alkyl halides is 3. The molecule has 0 fully saturated rings. The van der Waals surface area contributed by atoms with Crippen LogP contribution in [0.2, 0.25) is 0 Å². The van der Waals surface area contributed by atoms with E-state index in [1.807, 2.05) is 0 Å². The summed E-state index contributed by atoms with van der Waals surface area (Å²) in [6, 6.07) is 8.52. The highest BCUT2D eigenvalue weighted by atomic mass is 19.4.